The number of unbranched alkanes of at least 4 members (excludes halogenated alkanes) is 1. The molecule has 1 aliphatic heterocycles. The Balaban J connectivity index is 1.81. The van der Waals surface area contributed by atoms with Crippen molar-refractivity contribution in [3.63, 3.8) is 0 Å². The molecule has 3 rings (SSSR count). The molecule has 1 saturated heterocycles. The Bertz CT molecular complexity index is 809. The predicted molar refractivity (Wildman–Crippen MR) is 100 cm³/mol. The van der Waals surface area contributed by atoms with Gasteiger partial charge in [-0.3, -0.25) is 14.8 Å². The molecule has 0 bridgehead atoms. The Morgan fingerprint density at radius 1 is 1.56 bits per heavy atom. The van der Waals surface area contributed by atoms with Crippen LogP contribution in [0.3, 0.4) is 0 Å². The van der Waals surface area contributed by atoms with E-state index in [-0.39, 0.29) is 18.5 Å². The average molecular weight is 394 g/mol. The number of aromatic nitrogens is 1. The molecule has 2 amide bonds. The van der Waals surface area contributed by atoms with Gasteiger partial charge in [0, 0.05) is 17.6 Å². The number of carbonyl (C=O) groups excluding carboxylic acids is 2. The van der Waals surface area contributed by atoms with E-state index in [1.807, 2.05) is 6.92 Å². The molecule has 0 saturated carbocycles. The highest BCUT2D eigenvalue weighted by molar-refractivity contribution is 6.31. The van der Waals surface area contributed by atoms with Crippen molar-refractivity contribution in [1.29, 1.82) is 0 Å². The third-order valence-electron chi connectivity index (χ3n) is 4.97. The van der Waals surface area contributed by atoms with Gasteiger partial charge in [-0.1, -0.05) is 31.4 Å². The molecule has 2 atom stereocenters. The molecule has 1 N–H and O–H groups in total. The van der Waals surface area contributed by atoms with Crippen LogP contribution >= 0.6 is 11.6 Å². The molecule has 0 spiro atoms. The summed E-state index contributed by atoms with van der Waals surface area (Å²) in [6.07, 6.45) is 4.36. The Morgan fingerprint density at radius 3 is 3.11 bits per heavy atom. The first-order valence-corrected chi connectivity index (χ1v) is 9.68. The van der Waals surface area contributed by atoms with Crippen LogP contribution in [0.15, 0.2) is 22.6 Å². The lowest BCUT2D eigenvalue weighted by Crippen LogP contribution is -2.40. The fourth-order valence-electron chi connectivity index (χ4n) is 3.59. The molecule has 2 aromatic rings. The zero-order valence-electron chi connectivity index (χ0n) is 15.3. The van der Waals surface area contributed by atoms with E-state index >= 15 is 0 Å². The topological polar surface area (TPSA) is 86.9 Å². The van der Waals surface area contributed by atoms with Crippen LogP contribution in [-0.2, 0) is 9.59 Å². The van der Waals surface area contributed by atoms with Crippen LogP contribution in [0.1, 0.15) is 51.0 Å². The second-order valence-corrected chi connectivity index (χ2v) is 7.36. The van der Waals surface area contributed by atoms with E-state index in [0.29, 0.717) is 46.5 Å². The third kappa shape index (κ3) is 4.42. The van der Waals surface area contributed by atoms with E-state index in [0.717, 1.165) is 25.7 Å². The van der Waals surface area contributed by atoms with Crippen molar-refractivity contribution in [2.75, 3.05) is 13.1 Å². The van der Waals surface area contributed by atoms with Crippen molar-refractivity contribution < 1.29 is 19.2 Å². The maximum Gasteiger partial charge on any atom is 0.233 e. The fourth-order valence-corrected chi connectivity index (χ4v) is 3.75. The van der Waals surface area contributed by atoms with E-state index in [1.54, 1.807) is 23.1 Å². The molecule has 1 aromatic carbocycles. The first-order valence-electron chi connectivity index (χ1n) is 9.30. The van der Waals surface area contributed by atoms with Gasteiger partial charge in [-0.25, -0.2) is 10.0 Å². The lowest BCUT2D eigenvalue weighted by Gasteiger charge is -2.28. The van der Waals surface area contributed by atoms with Crippen LogP contribution in [-0.4, -0.2) is 45.6 Å². The van der Waals surface area contributed by atoms with Crippen LogP contribution in [0.2, 0.25) is 5.02 Å². The van der Waals surface area contributed by atoms with Gasteiger partial charge < -0.3 is 9.32 Å². The molecule has 27 heavy (non-hydrogen) atoms. The summed E-state index contributed by atoms with van der Waals surface area (Å²) >= 11 is 6.01. The monoisotopic (exact) mass is 393 g/mol. The van der Waals surface area contributed by atoms with E-state index in [4.69, 9.17) is 16.0 Å². The number of nitrogens with zero attached hydrogens (tertiary/aromatic N) is 3. The van der Waals surface area contributed by atoms with Gasteiger partial charge in [0.2, 0.25) is 18.2 Å². The Kier molecular flexibility index (Phi) is 6.34. The maximum atomic E-state index is 13.1. The summed E-state index contributed by atoms with van der Waals surface area (Å²) in [4.78, 5) is 30.2. The first kappa shape index (κ1) is 19.6. The van der Waals surface area contributed by atoms with Gasteiger partial charge in [-0.15, -0.1) is 0 Å². The molecule has 1 fully saturated rings. The molecule has 7 nitrogen and oxygen atoms in total. The average Bonchev–Trinajstić information content (AvgIpc) is 3.30. The van der Waals surface area contributed by atoms with Crippen LogP contribution in [0.5, 0.6) is 0 Å². The van der Waals surface area contributed by atoms with Gasteiger partial charge in [0.05, 0.1) is 12.5 Å². The number of fused-ring (bicyclic) bond motifs is 1. The number of halogens is 1. The van der Waals surface area contributed by atoms with Gasteiger partial charge in [-0.2, -0.15) is 0 Å². The van der Waals surface area contributed by atoms with E-state index in [9.17, 15) is 14.8 Å². The number of hydroxylamine groups is 2. The quantitative estimate of drug-likeness (QED) is 0.418. The standard InChI is InChI=1S/C19H24ClN3O4/c1-2-3-5-13(11-22(26)12-24)19(25)23-9-4-6-16(23)18-21-15-8-7-14(20)10-17(15)27-18/h7-8,10,12-13,16,26H,2-6,9,11H2,1H3/t13-,16+/m1/s1. The summed E-state index contributed by atoms with van der Waals surface area (Å²) in [5.74, 6) is -0.0182. The second kappa shape index (κ2) is 8.71. The Hall–Kier alpha value is -2.12. The number of oxazole rings is 1. The van der Waals surface area contributed by atoms with Crippen LogP contribution in [0, 0.1) is 5.92 Å². The SMILES string of the molecule is CCCC[C@H](CN(O)C=O)C(=O)N1CCC[C@H]1c1nc2ccc(Cl)cc2o1. The highest BCUT2D eigenvalue weighted by Crippen LogP contribution is 2.35. The number of likely N-dealkylation sites (tertiary alicyclic amines) is 1. The predicted octanol–water partition coefficient (Wildman–Crippen LogP) is 3.80. The zero-order valence-corrected chi connectivity index (χ0v) is 16.1. The van der Waals surface area contributed by atoms with Crippen LogP contribution < -0.4 is 0 Å². The van der Waals surface area contributed by atoms with Crippen molar-refractivity contribution in [1.82, 2.24) is 14.9 Å². The Labute approximate surface area is 162 Å². The number of rotatable bonds is 8. The zero-order chi connectivity index (χ0) is 19.4. The number of benzene rings is 1. The highest BCUT2D eigenvalue weighted by Gasteiger charge is 2.37. The molecular weight excluding hydrogens is 370 g/mol. The minimum absolute atomic E-state index is 0.00524. The van der Waals surface area contributed by atoms with Crippen LogP contribution in [0.4, 0.5) is 0 Å². The number of amides is 2. The van der Waals surface area contributed by atoms with Crippen molar-refractivity contribution in [3.8, 4) is 0 Å². The maximum absolute atomic E-state index is 13.1. The lowest BCUT2D eigenvalue weighted by atomic mass is 9.99. The molecule has 0 aliphatic carbocycles. The molecule has 0 unspecified atom stereocenters. The van der Waals surface area contributed by atoms with Crippen molar-refractivity contribution in [2.45, 2.75) is 45.1 Å². The summed E-state index contributed by atoms with van der Waals surface area (Å²) in [7, 11) is 0. The summed E-state index contributed by atoms with van der Waals surface area (Å²) in [6, 6.07) is 5.02. The third-order valence-corrected chi connectivity index (χ3v) is 5.21. The summed E-state index contributed by atoms with van der Waals surface area (Å²) in [6.45, 7) is 2.65. The largest absolute Gasteiger partial charge is 0.438 e. The summed E-state index contributed by atoms with van der Waals surface area (Å²) in [5.41, 5.74) is 1.31. The van der Waals surface area contributed by atoms with Crippen molar-refractivity contribution in [3.05, 3.63) is 29.1 Å². The lowest BCUT2D eigenvalue weighted by molar-refractivity contribution is -0.157. The molecular formula is C19H24ClN3O4. The van der Waals surface area contributed by atoms with E-state index in [1.165, 1.54) is 0 Å². The molecule has 2 heterocycles. The summed E-state index contributed by atoms with van der Waals surface area (Å²) < 4.78 is 5.87. The van der Waals surface area contributed by atoms with Gasteiger partial charge in [0.15, 0.2) is 5.58 Å². The minimum atomic E-state index is -0.445. The van der Waals surface area contributed by atoms with E-state index < -0.39 is 5.92 Å². The first-order chi connectivity index (χ1) is 13.0. The molecule has 8 heteroatoms. The molecule has 146 valence electrons. The number of hydrogen-bond donors (Lipinski definition) is 1. The number of hydrogen-bond acceptors (Lipinski definition) is 5. The second-order valence-electron chi connectivity index (χ2n) is 6.92. The molecule has 0 radical (unpaired) electrons. The fraction of sp³-hybridized carbons (Fsp3) is 0.526. The van der Waals surface area contributed by atoms with Gasteiger partial charge in [0.25, 0.3) is 0 Å². The van der Waals surface area contributed by atoms with Crippen molar-refractivity contribution in [2.24, 2.45) is 5.92 Å². The number of carbonyl (C=O) groups is 2. The highest BCUT2D eigenvalue weighted by atomic mass is 35.5. The smallest absolute Gasteiger partial charge is 0.233 e. The Morgan fingerprint density at radius 2 is 2.37 bits per heavy atom. The van der Waals surface area contributed by atoms with Crippen molar-refractivity contribution >= 4 is 35.0 Å². The molecule has 1 aliphatic rings. The van der Waals surface area contributed by atoms with Crippen LogP contribution in [0.25, 0.3) is 11.1 Å². The van der Waals surface area contributed by atoms with Gasteiger partial charge >= 0.3 is 0 Å². The van der Waals surface area contributed by atoms with E-state index in [2.05, 4.69) is 4.98 Å². The minimum Gasteiger partial charge on any atom is -0.438 e. The summed E-state index contributed by atoms with van der Waals surface area (Å²) in [5, 5.41) is 10.7. The molecule has 1 aromatic heterocycles. The normalized spacial score (nSPS) is 18.0. The van der Waals surface area contributed by atoms with Gasteiger partial charge in [-0.05, 0) is 31.4 Å². The van der Waals surface area contributed by atoms with Gasteiger partial charge in [0.1, 0.15) is 11.6 Å².